The van der Waals surface area contributed by atoms with E-state index in [1.165, 1.54) is 50.2 Å². The molecule has 0 spiro atoms. The molecule has 6 aromatic rings. The highest BCUT2D eigenvalue weighted by Gasteiger charge is 2.29. The number of allylic oxidation sites excluding steroid dienone is 2. The highest BCUT2D eigenvalue weighted by atomic mass is 15.2. The Labute approximate surface area is 248 Å². The predicted octanol–water partition coefficient (Wildman–Crippen LogP) is 10.7. The van der Waals surface area contributed by atoms with Gasteiger partial charge in [-0.05, 0) is 74.9 Å². The standard InChI is InChI=1S/C41H31N/c1-6-16-31(17-7-1)36-26-37(32-18-8-2-9-19-32)28-39(27-36)42-40(34-22-12-4-13-23-34)29-38(33-20-10-3-11-21-33)30-41(42)35-24-14-5-15-25-35/h1-30,40H. The lowest BCUT2D eigenvalue weighted by Crippen LogP contribution is -2.29. The zero-order valence-corrected chi connectivity index (χ0v) is 23.3. The number of rotatable bonds is 6. The van der Waals surface area contributed by atoms with E-state index < -0.39 is 0 Å². The van der Waals surface area contributed by atoms with Gasteiger partial charge in [-0.25, -0.2) is 0 Å². The molecular weight excluding hydrogens is 506 g/mol. The van der Waals surface area contributed by atoms with E-state index in [1.54, 1.807) is 0 Å². The fourth-order valence-corrected chi connectivity index (χ4v) is 5.84. The number of nitrogens with zero attached hydrogens (tertiary/aromatic N) is 1. The van der Waals surface area contributed by atoms with Gasteiger partial charge in [0, 0.05) is 11.4 Å². The molecule has 1 unspecified atom stereocenters. The maximum absolute atomic E-state index is 2.51. The van der Waals surface area contributed by atoms with E-state index in [9.17, 15) is 0 Å². The van der Waals surface area contributed by atoms with Gasteiger partial charge in [0.2, 0.25) is 0 Å². The summed E-state index contributed by atoms with van der Waals surface area (Å²) in [6.07, 6.45) is 4.76. The molecule has 1 nitrogen and oxygen atoms in total. The molecule has 7 rings (SSSR count). The summed E-state index contributed by atoms with van der Waals surface area (Å²) in [4.78, 5) is 2.51. The average molecular weight is 538 g/mol. The minimum absolute atomic E-state index is 0.00346. The van der Waals surface area contributed by atoms with Crippen LogP contribution in [-0.4, -0.2) is 0 Å². The van der Waals surface area contributed by atoms with Crippen molar-refractivity contribution < 1.29 is 0 Å². The van der Waals surface area contributed by atoms with Crippen LogP contribution < -0.4 is 4.90 Å². The molecule has 200 valence electrons. The van der Waals surface area contributed by atoms with Crippen molar-refractivity contribution in [2.45, 2.75) is 6.04 Å². The first kappa shape index (κ1) is 25.6. The van der Waals surface area contributed by atoms with Gasteiger partial charge < -0.3 is 4.90 Å². The largest absolute Gasteiger partial charge is 0.330 e. The second kappa shape index (κ2) is 11.6. The SMILES string of the molecule is C1=C(c2ccccc2)C=C(c2ccccc2)N(c2cc(-c3ccccc3)cc(-c3ccccc3)c2)C1c1ccccc1. The second-order valence-electron chi connectivity index (χ2n) is 10.6. The first-order valence-corrected chi connectivity index (χ1v) is 14.5. The molecule has 0 aromatic heterocycles. The van der Waals surface area contributed by atoms with E-state index in [0.29, 0.717) is 0 Å². The van der Waals surface area contributed by atoms with Crippen LogP contribution in [0.1, 0.15) is 22.7 Å². The summed E-state index contributed by atoms with van der Waals surface area (Å²) in [6, 6.07) is 60.7. The molecule has 0 amide bonds. The highest BCUT2D eigenvalue weighted by Crippen LogP contribution is 2.44. The van der Waals surface area contributed by atoms with Crippen molar-refractivity contribution in [3.05, 3.63) is 199 Å². The fraction of sp³-hybridized carbons (Fsp3) is 0.0244. The third-order valence-electron chi connectivity index (χ3n) is 7.90. The molecule has 1 aliphatic heterocycles. The van der Waals surface area contributed by atoms with Crippen LogP contribution in [0.2, 0.25) is 0 Å². The molecule has 0 N–H and O–H groups in total. The predicted molar refractivity (Wildman–Crippen MR) is 178 cm³/mol. The molecule has 0 radical (unpaired) electrons. The van der Waals surface area contributed by atoms with Crippen LogP contribution in [0.4, 0.5) is 5.69 Å². The molecule has 42 heavy (non-hydrogen) atoms. The number of hydrogen-bond acceptors (Lipinski definition) is 1. The Morgan fingerprint density at radius 2 is 0.810 bits per heavy atom. The van der Waals surface area contributed by atoms with Crippen molar-refractivity contribution >= 4 is 17.0 Å². The monoisotopic (exact) mass is 537 g/mol. The molecule has 0 bridgehead atoms. The zero-order chi connectivity index (χ0) is 28.1. The van der Waals surface area contributed by atoms with Crippen LogP contribution in [0.25, 0.3) is 33.5 Å². The first-order chi connectivity index (χ1) is 20.8. The molecule has 1 heterocycles. The van der Waals surface area contributed by atoms with Crippen LogP contribution in [-0.2, 0) is 0 Å². The van der Waals surface area contributed by atoms with Gasteiger partial charge in [-0.1, -0.05) is 152 Å². The Kier molecular flexibility index (Phi) is 7.06. The normalized spacial score (nSPS) is 14.7. The van der Waals surface area contributed by atoms with E-state index in [0.717, 1.165) is 5.69 Å². The number of anilines is 1. The van der Waals surface area contributed by atoms with Gasteiger partial charge in [0.25, 0.3) is 0 Å². The van der Waals surface area contributed by atoms with Gasteiger partial charge in [-0.15, -0.1) is 0 Å². The summed E-state index contributed by atoms with van der Waals surface area (Å²) >= 11 is 0. The van der Waals surface area contributed by atoms with Crippen molar-refractivity contribution in [3.63, 3.8) is 0 Å². The maximum Gasteiger partial charge on any atom is 0.0784 e. The van der Waals surface area contributed by atoms with E-state index in [2.05, 4.69) is 187 Å². The smallest absolute Gasteiger partial charge is 0.0784 e. The Hall–Kier alpha value is -5.40. The molecule has 0 saturated heterocycles. The van der Waals surface area contributed by atoms with Crippen molar-refractivity contribution in [2.75, 3.05) is 4.90 Å². The highest BCUT2D eigenvalue weighted by molar-refractivity contribution is 5.95. The van der Waals surface area contributed by atoms with Gasteiger partial charge in [0.15, 0.2) is 0 Å². The molecule has 1 heteroatoms. The van der Waals surface area contributed by atoms with Gasteiger partial charge in [-0.3, -0.25) is 0 Å². The van der Waals surface area contributed by atoms with Crippen molar-refractivity contribution in [3.8, 4) is 22.3 Å². The van der Waals surface area contributed by atoms with Gasteiger partial charge >= 0.3 is 0 Å². The number of benzene rings is 6. The summed E-state index contributed by atoms with van der Waals surface area (Å²) in [7, 11) is 0. The molecule has 1 atom stereocenters. The van der Waals surface area contributed by atoms with E-state index >= 15 is 0 Å². The summed E-state index contributed by atoms with van der Waals surface area (Å²) < 4.78 is 0. The molecule has 6 aromatic carbocycles. The van der Waals surface area contributed by atoms with E-state index in [4.69, 9.17) is 0 Å². The topological polar surface area (TPSA) is 3.24 Å². The van der Waals surface area contributed by atoms with Crippen molar-refractivity contribution in [1.29, 1.82) is 0 Å². The lowest BCUT2D eigenvalue weighted by atomic mass is 9.90. The molecule has 0 fully saturated rings. The zero-order valence-electron chi connectivity index (χ0n) is 23.3. The van der Waals surface area contributed by atoms with E-state index in [-0.39, 0.29) is 6.04 Å². The average Bonchev–Trinajstić information content (AvgIpc) is 3.09. The van der Waals surface area contributed by atoms with Gasteiger partial charge in [-0.2, -0.15) is 0 Å². The lowest BCUT2D eigenvalue weighted by Gasteiger charge is -2.38. The Bertz CT molecular complexity index is 1780. The third kappa shape index (κ3) is 5.21. The first-order valence-electron chi connectivity index (χ1n) is 14.5. The quantitative estimate of drug-likeness (QED) is 0.204. The van der Waals surface area contributed by atoms with Gasteiger partial charge in [0.1, 0.15) is 0 Å². The molecule has 0 aliphatic carbocycles. The van der Waals surface area contributed by atoms with Gasteiger partial charge in [0.05, 0.1) is 6.04 Å². The minimum atomic E-state index is -0.00346. The third-order valence-corrected chi connectivity index (χ3v) is 7.90. The lowest BCUT2D eigenvalue weighted by molar-refractivity contribution is 0.852. The van der Waals surface area contributed by atoms with Crippen LogP contribution in [0.5, 0.6) is 0 Å². The Morgan fingerprint density at radius 3 is 1.31 bits per heavy atom. The Morgan fingerprint density at radius 1 is 0.381 bits per heavy atom. The van der Waals surface area contributed by atoms with Crippen LogP contribution >= 0.6 is 0 Å². The summed E-state index contributed by atoms with van der Waals surface area (Å²) in [5.41, 5.74) is 12.0. The fourth-order valence-electron chi connectivity index (χ4n) is 5.84. The summed E-state index contributed by atoms with van der Waals surface area (Å²) in [6.45, 7) is 0. The molecular formula is C41H31N. The molecule has 0 saturated carbocycles. The van der Waals surface area contributed by atoms with Crippen molar-refractivity contribution in [2.24, 2.45) is 0 Å². The second-order valence-corrected chi connectivity index (χ2v) is 10.6. The van der Waals surface area contributed by atoms with E-state index in [1.807, 2.05) is 0 Å². The minimum Gasteiger partial charge on any atom is -0.330 e. The summed E-state index contributed by atoms with van der Waals surface area (Å²) in [5.74, 6) is 0. The van der Waals surface area contributed by atoms with Crippen LogP contribution in [0, 0.1) is 0 Å². The molecule has 1 aliphatic rings. The summed E-state index contributed by atoms with van der Waals surface area (Å²) in [5, 5.41) is 0. The Balaban J connectivity index is 1.49. The number of hydrogen-bond donors (Lipinski definition) is 0. The van der Waals surface area contributed by atoms with Crippen LogP contribution in [0.3, 0.4) is 0 Å². The maximum atomic E-state index is 2.51. The van der Waals surface area contributed by atoms with Crippen molar-refractivity contribution in [1.82, 2.24) is 0 Å². The van der Waals surface area contributed by atoms with Crippen LogP contribution in [0.15, 0.2) is 182 Å².